The van der Waals surface area contributed by atoms with Crippen molar-refractivity contribution in [1.29, 1.82) is 0 Å². The molecule has 0 radical (unpaired) electrons. The Kier molecular flexibility index (Phi) is 6.50. The van der Waals surface area contributed by atoms with Gasteiger partial charge in [-0.1, -0.05) is 44.2 Å². The first-order valence-electron chi connectivity index (χ1n) is 7.13. The molecular weight excluding hydrogens is 272 g/mol. The summed E-state index contributed by atoms with van der Waals surface area (Å²) in [5.41, 5.74) is 1.24. The fourth-order valence-electron chi connectivity index (χ4n) is 2.53. The number of carbonyl (C=O) groups is 1. The lowest BCUT2D eigenvalue weighted by Gasteiger charge is -2.28. The first kappa shape index (κ1) is 17.0. The molecule has 0 unspecified atom stereocenters. The molecule has 0 spiro atoms. The van der Waals surface area contributed by atoms with Gasteiger partial charge in [0, 0.05) is 17.9 Å². The zero-order chi connectivity index (χ0) is 13.7. The van der Waals surface area contributed by atoms with Crippen LogP contribution in [0.2, 0.25) is 0 Å². The van der Waals surface area contributed by atoms with Crippen molar-refractivity contribution in [3.63, 3.8) is 0 Å². The Hall–Kier alpha value is -1.06. The Balaban J connectivity index is 0.00000200. The number of hydrogen-bond acceptors (Lipinski definition) is 2. The molecule has 1 heterocycles. The lowest BCUT2D eigenvalue weighted by molar-refractivity contribution is -0.125. The lowest BCUT2D eigenvalue weighted by atomic mass is 9.84. The third kappa shape index (κ3) is 4.50. The van der Waals surface area contributed by atoms with Gasteiger partial charge in [0.2, 0.25) is 5.91 Å². The molecule has 0 saturated carbocycles. The maximum atomic E-state index is 12.1. The molecule has 1 aliphatic rings. The highest BCUT2D eigenvalue weighted by molar-refractivity contribution is 5.85. The van der Waals surface area contributed by atoms with E-state index in [-0.39, 0.29) is 29.6 Å². The molecule has 1 saturated heterocycles. The van der Waals surface area contributed by atoms with E-state index in [9.17, 15) is 4.79 Å². The fraction of sp³-hybridized carbons (Fsp3) is 0.562. The smallest absolute Gasteiger partial charge is 0.223 e. The maximum absolute atomic E-state index is 12.1. The Morgan fingerprint density at radius 3 is 2.45 bits per heavy atom. The molecule has 0 aliphatic carbocycles. The average molecular weight is 297 g/mol. The number of carbonyl (C=O) groups excluding carboxylic acids is 1. The Labute approximate surface area is 127 Å². The highest BCUT2D eigenvalue weighted by Crippen LogP contribution is 2.22. The van der Waals surface area contributed by atoms with Crippen molar-refractivity contribution in [2.45, 2.75) is 32.1 Å². The summed E-state index contributed by atoms with van der Waals surface area (Å²) in [4.78, 5) is 12.1. The van der Waals surface area contributed by atoms with E-state index in [4.69, 9.17) is 0 Å². The lowest BCUT2D eigenvalue weighted by Crippen LogP contribution is -2.42. The van der Waals surface area contributed by atoms with Gasteiger partial charge in [-0.3, -0.25) is 4.79 Å². The molecule has 1 fully saturated rings. The maximum Gasteiger partial charge on any atom is 0.223 e. The molecule has 0 aromatic heterocycles. The summed E-state index contributed by atoms with van der Waals surface area (Å²) in [5, 5.41) is 6.41. The third-order valence-corrected chi connectivity index (χ3v) is 3.97. The second-order valence-electron chi connectivity index (χ2n) is 5.99. The molecule has 0 atom stereocenters. The van der Waals surface area contributed by atoms with Gasteiger partial charge < -0.3 is 10.6 Å². The molecule has 4 heteroatoms. The van der Waals surface area contributed by atoms with E-state index in [2.05, 4.69) is 36.6 Å². The molecule has 1 aromatic rings. The van der Waals surface area contributed by atoms with Crippen LogP contribution in [0, 0.1) is 5.92 Å². The molecule has 1 amide bonds. The second-order valence-corrected chi connectivity index (χ2v) is 5.99. The predicted octanol–water partition coefficient (Wildman–Crippen LogP) is 2.50. The zero-order valence-corrected chi connectivity index (χ0v) is 13.1. The summed E-state index contributed by atoms with van der Waals surface area (Å²) in [6, 6.07) is 10.4. The number of amides is 1. The Morgan fingerprint density at radius 1 is 1.25 bits per heavy atom. The summed E-state index contributed by atoms with van der Waals surface area (Å²) >= 11 is 0. The molecule has 2 N–H and O–H groups in total. The molecular formula is C16H25ClN2O. The predicted molar refractivity (Wildman–Crippen MR) is 85.3 cm³/mol. The normalized spacial score (nSPS) is 16.3. The van der Waals surface area contributed by atoms with Crippen LogP contribution in [0.4, 0.5) is 0 Å². The number of halogens is 1. The van der Waals surface area contributed by atoms with Gasteiger partial charge in [0.05, 0.1) is 0 Å². The van der Waals surface area contributed by atoms with Crippen LogP contribution < -0.4 is 10.6 Å². The van der Waals surface area contributed by atoms with Gasteiger partial charge >= 0.3 is 0 Å². The summed E-state index contributed by atoms with van der Waals surface area (Å²) in [6.07, 6.45) is 1.91. The van der Waals surface area contributed by atoms with E-state index in [1.54, 1.807) is 0 Å². The number of piperidine rings is 1. The van der Waals surface area contributed by atoms with Crippen molar-refractivity contribution in [3.05, 3.63) is 35.9 Å². The fourth-order valence-corrected chi connectivity index (χ4v) is 2.53. The van der Waals surface area contributed by atoms with Crippen LogP contribution in [0.25, 0.3) is 0 Å². The van der Waals surface area contributed by atoms with Crippen molar-refractivity contribution < 1.29 is 4.79 Å². The van der Waals surface area contributed by atoms with Crippen molar-refractivity contribution >= 4 is 18.3 Å². The monoisotopic (exact) mass is 296 g/mol. The first-order valence-corrected chi connectivity index (χ1v) is 7.13. The number of benzene rings is 1. The molecule has 2 rings (SSSR count). The van der Waals surface area contributed by atoms with Gasteiger partial charge in [-0.05, 0) is 31.5 Å². The van der Waals surface area contributed by atoms with E-state index in [0.29, 0.717) is 6.54 Å². The zero-order valence-electron chi connectivity index (χ0n) is 12.3. The molecule has 20 heavy (non-hydrogen) atoms. The first-order chi connectivity index (χ1) is 9.09. The summed E-state index contributed by atoms with van der Waals surface area (Å²) in [7, 11) is 0. The Bertz CT molecular complexity index is 414. The molecule has 0 bridgehead atoms. The van der Waals surface area contributed by atoms with Crippen LogP contribution in [0.3, 0.4) is 0 Å². The minimum atomic E-state index is -0.0240. The molecule has 3 nitrogen and oxygen atoms in total. The standard InChI is InChI=1S/C16H24N2O.ClH/c1-16(2,14-6-4-3-5-7-14)12-18-15(19)13-8-10-17-11-9-13;/h3-7,13,17H,8-12H2,1-2H3,(H,18,19);1H. The number of rotatable bonds is 4. The Morgan fingerprint density at radius 2 is 1.85 bits per heavy atom. The molecule has 1 aromatic carbocycles. The van der Waals surface area contributed by atoms with Crippen molar-refractivity contribution in [1.82, 2.24) is 10.6 Å². The van der Waals surface area contributed by atoms with E-state index in [1.165, 1.54) is 5.56 Å². The van der Waals surface area contributed by atoms with Crippen molar-refractivity contribution in [3.8, 4) is 0 Å². The third-order valence-electron chi connectivity index (χ3n) is 3.97. The van der Waals surface area contributed by atoms with E-state index >= 15 is 0 Å². The quantitative estimate of drug-likeness (QED) is 0.896. The van der Waals surface area contributed by atoms with Gasteiger partial charge in [-0.25, -0.2) is 0 Å². The topological polar surface area (TPSA) is 41.1 Å². The van der Waals surface area contributed by atoms with Crippen LogP contribution >= 0.6 is 12.4 Å². The van der Waals surface area contributed by atoms with E-state index in [1.807, 2.05) is 18.2 Å². The molecule has 112 valence electrons. The van der Waals surface area contributed by atoms with Crippen LogP contribution in [0.1, 0.15) is 32.3 Å². The minimum absolute atomic E-state index is 0. The summed E-state index contributed by atoms with van der Waals surface area (Å²) < 4.78 is 0. The van der Waals surface area contributed by atoms with Crippen LogP contribution in [0.15, 0.2) is 30.3 Å². The second kappa shape index (κ2) is 7.65. The van der Waals surface area contributed by atoms with E-state index in [0.717, 1.165) is 25.9 Å². The van der Waals surface area contributed by atoms with E-state index < -0.39 is 0 Å². The van der Waals surface area contributed by atoms with Crippen molar-refractivity contribution in [2.75, 3.05) is 19.6 Å². The highest BCUT2D eigenvalue weighted by Gasteiger charge is 2.25. The largest absolute Gasteiger partial charge is 0.355 e. The van der Waals surface area contributed by atoms with Gasteiger partial charge in [0.15, 0.2) is 0 Å². The van der Waals surface area contributed by atoms with Crippen LogP contribution in [0.5, 0.6) is 0 Å². The van der Waals surface area contributed by atoms with Gasteiger partial charge in [0.1, 0.15) is 0 Å². The van der Waals surface area contributed by atoms with Gasteiger partial charge in [-0.15, -0.1) is 12.4 Å². The average Bonchev–Trinajstić information content (AvgIpc) is 2.47. The SMILES string of the molecule is CC(C)(CNC(=O)C1CCNCC1)c1ccccc1.Cl. The number of nitrogens with one attached hydrogen (secondary N) is 2. The van der Waals surface area contributed by atoms with Gasteiger partial charge in [-0.2, -0.15) is 0 Å². The molecule has 1 aliphatic heterocycles. The highest BCUT2D eigenvalue weighted by atomic mass is 35.5. The summed E-state index contributed by atoms with van der Waals surface area (Å²) in [6.45, 7) is 6.95. The minimum Gasteiger partial charge on any atom is -0.355 e. The van der Waals surface area contributed by atoms with Crippen LogP contribution in [-0.4, -0.2) is 25.5 Å². The number of hydrogen-bond donors (Lipinski definition) is 2. The van der Waals surface area contributed by atoms with Gasteiger partial charge in [0.25, 0.3) is 0 Å². The van der Waals surface area contributed by atoms with Crippen LogP contribution in [-0.2, 0) is 10.2 Å². The van der Waals surface area contributed by atoms with Crippen molar-refractivity contribution in [2.24, 2.45) is 5.92 Å². The summed E-state index contributed by atoms with van der Waals surface area (Å²) in [5.74, 6) is 0.401.